The summed E-state index contributed by atoms with van der Waals surface area (Å²) in [5, 5.41) is 9.87. The first-order valence-electron chi connectivity index (χ1n) is 6.27. The van der Waals surface area contributed by atoms with E-state index in [-0.39, 0.29) is 16.8 Å². The number of carbonyl (C=O) groups is 1. The van der Waals surface area contributed by atoms with Gasteiger partial charge in [-0.3, -0.25) is 14.6 Å². The molecule has 0 unspecified atom stereocenters. The molecule has 0 bridgehead atoms. The summed E-state index contributed by atoms with van der Waals surface area (Å²) in [6.45, 7) is 0. The fourth-order valence-corrected chi connectivity index (χ4v) is 4.38. The minimum Gasteiger partial charge on any atom is -0.506 e. The molecule has 0 spiro atoms. The number of nitrogens with two attached hydrogens (primary N) is 1. The van der Waals surface area contributed by atoms with Crippen LogP contribution >= 0.6 is 23.1 Å². The molecule has 3 rings (SSSR count). The Labute approximate surface area is 133 Å². The third-order valence-electron chi connectivity index (χ3n) is 2.95. The van der Waals surface area contributed by atoms with Crippen LogP contribution in [0.2, 0.25) is 0 Å². The zero-order valence-electron chi connectivity index (χ0n) is 11.2. The Bertz CT molecular complexity index is 903. The third-order valence-corrected chi connectivity index (χ3v) is 5.47. The number of aromatic nitrogens is 2. The number of aromatic amines is 1. The second kappa shape index (κ2) is 5.82. The van der Waals surface area contributed by atoms with Gasteiger partial charge in [0.2, 0.25) is 0 Å². The van der Waals surface area contributed by atoms with Crippen molar-refractivity contribution in [2.45, 2.75) is 9.96 Å². The maximum absolute atomic E-state index is 11.7. The molecule has 0 saturated carbocycles. The van der Waals surface area contributed by atoms with Gasteiger partial charge in [-0.25, -0.2) is 0 Å². The van der Waals surface area contributed by atoms with Crippen molar-refractivity contribution in [2.24, 2.45) is 5.73 Å². The lowest BCUT2D eigenvalue weighted by Gasteiger charge is -2.01. The summed E-state index contributed by atoms with van der Waals surface area (Å²) in [6.07, 6.45) is 1.69. The fraction of sp³-hybridized carbons (Fsp3) is 0.0714. The third kappa shape index (κ3) is 2.70. The highest BCUT2D eigenvalue weighted by Gasteiger charge is 2.20. The lowest BCUT2D eigenvalue weighted by Crippen LogP contribution is -2.13. The Balaban J connectivity index is 2.05. The number of hydrogen-bond donors (Lipinski definition) is 3. The summed E-state index contributed by atoms with van der Waals surface area (Å²) in [5.74, 6) is -0.245. The second-order valence-electron chi connectivity index (χ2n) is 4.46. The summed E-state index contributed by atoms with van der Waals surface area (Å²) in [5.41, 5.74) is 6.32. The normalized spacial score (nSPS) is 10.9. The van der Waals surface area contributed by atoms with E-state index in [2.05, 4.69) is 9.97 Å². The molecule has 0 saturated heterocycles. The van der Waals surface area contributed by atoms with E-state index in [9.17, 15) is 14.7 Å². The number of nitrogens with one attached hydrogen (secondary N) is 1. The van der Waals surface area contributed by atoms with Gasteiger partial charge < -0.3 is 15.8 Å². The van der Waals surface area contributed by atoms with Crippen molar-refractivity contribution >= 4 is 39.2 Å². The zero-order valence-corrected chi connectivity index (χ0v) is 12.8. The van der Waals surface area contributed by atoms with E-state index >= 15 is 0 Å². The molecule has 0 aliphatic heterocycles. The highest BCUT2D eigenvalue weighted by molar-refractivity contribution is 8.00. The molecule has 0 radical (unpaired) electrons. The average Bonchev–Trinajstić information content (AvgIpc) is 2.85. The molecule has 0 fully saturated rings. The summed E-state index contributed by atoms with van der Waals surface area (Å²) < 4.78 is 1.09. The van der Waals surface area contributed by atoms with Gasteiger partial charge in [-0.15, -0.1) is 23.1 Å². The van der Waals surface area contributed by atoms with Crippen LogP contribution in [0.5, 0.6) is 5.75 Å². The molecule has 3 heterocycles. The van der Waals surface area contributed by atoms with Crippen molar-refractivity contribution in [1.29, 1.82) is 0 Å². The van der Waals surface area contributed by atoms with E-state index in [4.69, 9.17) is 5.73 Å². The minimum absolute atomic E-state index is 0.157. The van der Waals surface area contributed by atoms with Crippen molar-refractivity contribution < 1.29 is 9.90 Å². The van der Waals surface area contributed by atoms with E-state index in [1.165, 1.54) is 23.1 Å². The molecule has 22 heavy (non-hydrogen) atoms. The molecule has 3 aromatic heterocycles. The van der Waals surface area contributed by atoms with Gasteiger partial charge in [-0.05, 0) is 12.1 Å². The van der Waals surface area contributed by atoms with Crippen LogP contribution in [0, 0.1) is 0 Å². The van der Waals surface area contributed by atoms with E-state index in [0.29, 0.717) is 14.7 Å². The van der Waals surface area contributed by atoms with Crippen molar-refractivity contribution in [3.63, 3.8) is 0 Å². The number of amides is 1. The molecule has 8 heteroatoms. The highest BCUT2D eigenvalue weighted by atomic mass is 32.2. The Morgan fingerprint density at radius 1 is 1.45 bits per heavy atom. The van der Waals surface area contributed by atoms with Crippen molar-refractivity contribution in [3.05, 3.63) is 52.1 Å². The first-order valence-corrected chi connectivity index (χ1v) is 8.08. The Hall–Kier alpha value is -2.32. The molecule has 0 atom stereocenters. The zero-order chi connectivity index (χ0) is 15.7. The number of hydrogen-bond acceptors (Lipinski definition) is 6. The molecule has 112 valence electrons. The maximum atomic E-state index is 11.7. The average molecular weight is 333 g/mol. The van der Waals surface area contributed by atoms with E-state index in [1.807, 2.05) is 18.2 Å². The molecule has 6 nitrogen and oxygen atoms in total. The Morgan fingerprint density at radius 2 is 2.27 bits per heavy atom. The van der Waals surface area contributed by atoms with Crippen LogP contribution < -0.4 is 11.3 Å². The first-order chi connectivity index (χ1) is 10.6. The minimum atomic E-state index is -0.643. The molecular weight excluding hydrogens is 322 g/mol. The molecule has 0 aromatic carbocycles. The number of rotatable bonds is 4. The van der Waals surface area contributed by atoms with Crippen LogP contribution in [0.3, 0.4) is 0 Å². The molecule has 4 N–H and O–H groups in total. The first kappa shape index (κ1) is 14.6. The lowest BCUT2D eigenvalue weighted by atomic mass is 10.2. The number of H-pyrrole nitrogens is 1. The van der Waals surface area contributed by atoms with Crippen LogP contribution in [0.4, 0.5) is 0 Å². The van der Waals surface area contributed by atoms with Gasteiger partial charge >= 0.3 is 0 Å². The van der Waals surface area contributed by atoms with Crippen molar-refractivity contribution in [1.82, 2.24) is 9.97 Å². The smallest absolute Gasteiger partial charge is 0.252 e. The SMILES string of the molecule is NC(=O)c1c(SCc2ccccn2)sc2c(O)cc(=O)[nH]c12. The van der Waals surface area contributed by atoms with Gasteiger partial charge in [0.15, 0.2) is 0 Å². The van der Waals surface area contributed by atoms with E-state index in [1.54, 1.807) is 6.20 Å². The number of carbonyl (C=O) groups excluding carboxylic acids is 1. The van der Waals surface area contributed by atoms with Crippen LogP contribution in [0.25, 0.3) is 10.2 Å². The predicted octanol–water partition coefficient (Wildman–Crippen LogP) is 2.08. The maximum Gasteiger partial charge on any atom is 0.252 e. The van der Waals surface area contributed by atoms with Crippen LogP contribution in [0.1, 0.15) is 16.1 Å². The predicted molar refractivity (Wildman–Crippen MR) is 86.4 cm³/mol. The summed E-state index contributed by atoms with van der Waals surface area (Å²) in [6, 6.07) is 6.66. The second-order valence-corrected chi connectivity index (χ2v) is 6.73. The molecule has 0 aliphatic carbocycles. The van der Waals surface area contributed by atoms with Crippen LogP contribution in [0.15, 0.2) is 39.5 Å². The molecule has 0 aliphatic rings. The van der Waals surface area contributed by atoms with Gasteiger partial charge in [-0.1, -0.05) is 6.07 Å². The fourth-order valence-electron chi connectivity index (χ4n) is 2.01. The lowest BCUT2D eigenvalue weighted by molar-refractivity contribution is 0.0999. The highest BCUT2D eigenvalue weighted by Crippen LogP contribution is 2.40. The molecule has 3 aromatic rings. The van der Waals surface area contributed by atoms with Crippen LogP contribution in [-0.4, -0.2) is 21.0 Å². The van der Waals surface area contributed by atoms with Gasteiger partial charge in [-0.2, -0.15) is 0 Å². The number of thiophene rings is 1. The van der Waals surface area contributed by atoms with Crippen molar-refractivity contribution in [3.8, 4) is 5.75 Å². The Kier molecular flexibility index (Phi) is 3.86. The van der Waals surface area contributed by atoms with Gasteiger partial charge in [0.1, 0.15) is 5.75 Å². The Morgan fingerprint density at radius 3 is 2.95 bits per heavy atom. The molecular formula is C14H11N3O3S2. The quantitative estimate of drug-likeness (QED) is 0.633. The number of fused-ring (bicyclic) bond motifs is 1. The van der Waals surface area contributed by atoms with Crippen LogP contribution in [-0.2, 0) is 5.75 Å². The number of thioether (sulfide) groups is 1. The van der Waals surface area contributed by atoms with Crippen molar-refractivity contribution in [2.75, 3.05) is 0 Å². The van der Waals surface area contributed by atoms with Gasteiger partial charge in [0.05, 0.1) is 25.7 Å². The topological polar surface area (TPSA) is 109 Å². The van der Waals surface area contributed by atoms with E-state index in [0.717, 1.165) is 11.8 Å². The number of pyridine rings is 2. The number of aromatic hydroxyl groups is 1. The summed E-state index contributed by atoms with van der Waals surface area (Å²) >= 11 is 2.61. The monoisotopic (exact) mass is 333 g/mol. The van der Waals surface area contributed by atoms with E-state index < -0.39 is 11.5 Å². The summed E-state index contributed by atoms with van der Waals surface area (Å²) in [4.78, 5) is 30.0. The number of primary amides is 1. The molecule has 1 amide bonds. The van der Waals surface area contributed by atoms with Gasteiger partial charge in [0.25, 0.3) is 11.5 Å². The largest absolute Gasteiger partial charge is 0.506 e. The van der Waals surface area contributed by atoms with Gasteiger partial charge in [0, 0.05) is 18.0 Å². The standard InChI is InChI=1S/C14H11N3O3S2/c15-13(20)10-11-12(8(18)5-9(19)17-11)22-14(10)21-6-7-3-1-2-4-16-7/h1-5H,6H2,(H2,15,20)(H2,17,18,19). The number of nitrogens with zero attached hydrogens (tertiary/aromatic N) is 1. The summed E-state index contributed by atoms with van der Waals surface area (Å²) in [7, 11) is 0.